The van der Waals surface area contributed by atoms with Crippen molar-refractivity contribution in [1.82, 2.24) is 5.32 Å². The van der Waals surface area contributed by atoms with Gasteiger partial charge in [0.15, 0.2) is 0 Å². The first-order valence-corrected chi connectivity index (χ1v) is 7.89. The normalized spacial score (nSPS) is 13.4. The van der Waals surface area contributed by atoms with Crippen molar-refractivity contribution in [2.75, 3.05) is 19.1 Å². The molecule has 0 saturated heterocycles. The first kappa shape index (κ1) is 16.1. The molecular formula is C19H20N2O3. The van der Waals surface area contributed by atoms with E-state index in [1.807, 2.05) is 12.1 Å². The van der Waals surface area contributed by atoms with Crippen molar-refractivity contribution in [3.8, 4) is 5.75 Å². The Bertz CT molecular complexity index is 769. The van der Waals surface area contributed by atoms with Crippen LogP contribution in [0, 0.1) is 0 Å². The summed E-state index contributed by atoms with van der Waals surface area (Å²) in [6.07, 6.45) is 1.28. The van der Waals surface area contributed by atoms with Crippen LogP contribution >= 0.6 is 0 Å². The predicted molar refractivity (Wildman–Crippen MR) is 92.3 cm³/mol. The number of aryl methyl sites for hydroxylation is 1. The molecule has 0 fully saturated rings. The second-order valence-corrected chi connectivity index (χ2v) is 5.83. The molecule has 2 aromatic carbocycles. The Morgan fingerprint density at radius 1 is 1.17 bits per heavy atom. The van der Waals surface area contributed by atoms with E-state index in [0.29, 0.717) is 18.5 Å². The summed E-state index contributed by atoms with van der Waals surface area (Å²) < 4.78 is 5.09. The van der Waals surface area contributed by atoms with Gasteiger partial charge in [-0.3, -0.25) is 9.59 Å². The zero-order valence-electron chi connectivity index (χ0n) is 13.8. The second-order valence-electron chi connectivity index (χ2n) is 5.83. The summed E-state index contributed by atoms with van der Waals surface area (Å²) in [6.45, 7) is 0.454. The van der Waals surface area contributed by atoms with Gasteiger partial charge in [0.1, 0.15) is 5.75 Å². The SMILES string of the molecule is COc1ccc(C(=O)NCc2ccc3c(c2)CCC(=O)N3C)cc1. The van der Waals surface area contributed by atoms with E-state index in [9.17, 15) is 9.59 Å². The van der Waals surface area contributed by atoms with Crippen LogP contribution in [0.3, 0.4) is 0 Å². The minimum absolute atomic E-state index is 0.123. The van der Waals surface area contributed by atoms with E-state index in [1.165, 1.54) is 0 Å². The zero-order chi connectivity index (χ0) is 17.1. The number of carbonyl (C=O) groups is 2. The molecule has 24 heavy (non-hydrogen) atoms. The lowest BCUT2D eigenvalue weighted by Crippen LogP contribution is -2.31. The second kappa shape index (κ2) is 6.74. The average Bonchev–Trinajstić information content (AvgIpc) is 2.63. The maximum atomic E-state index is 12.2. The molecule has 1 heterocycles. The number of anilines is 1. The molecule has 0 radical (unpaired) electrons. The maximum Gasteiger partial charge on any atom is 0.251 e. The number of methoxy groups -OCH3 is 1. The van der Waals surface area contributed by atoms with Gasteiger partial charge >= 0.3 is 0 Å². The number of benzene rings is 2. The van der Waals surface area contributed by atoms with Crippen molar-refractivity contribution in [3.63, 3.8) is 0 Å². The van der Waals surface area contributed by atoms with Crippen LogP contribution in [0.4, 0.5) is 5.69 Å². The number of ether oxygens (including phenoxy) is 1. The highest BCUT2D eigenvalue weighted by atomic mass is 16.5. The lowest BCUT2D eigenvalue weighted by molar-refractivity contribution is -0.118. The van der Waals surface area contributed by atoms with Crippen LogP contribution in [0.15, 0.2) is 42.5 Å². The standard InChI is InChI=1S/C19H20N2O3/c1-21-17-9-3-13(11-15(17)6-10-18(21)22)12-20-19(23)14-4-7-16(24-2)8-5-14/h3-5,7-9,11H,6,10,12H2,1-2H3,(H,20,23). The molecule has 0 unspecified atom stereocenters. The Balaban J connectivity index is 1.66. The van der Waals surface area contributed by atoms with Crippen LogP contribution in [0.5, 0.6) is 5.75 Å². The summed E-state index contributed by atoms with van der Waals surface area (Å²) >= 11 is 0. The van der Waals surface area contributed by atoms with Gasteiger partial charge in [0.25, 0.3) is 5.91 Å². The van der Waals surface area contributed by atoms with Crippen molar-refractivity contribution in [3.05, 3.63) is 59.2 Å². The summed E-state index contributed by atoms with van der Waals surface area (Å²) in [4.78, 5) is 25.6. The van der Waals surface area contributed by atoms with E-state index in [2.05, 4.69) is 11.4 Å². The van der Waals surface area contributed by atoms with Crippen LogP contribution in [0.1, 0.15) is 27.9 Å². The highest BCUT2D eigenvalue weighted by Crippen LogP contribution is 2.27. The number of fused-ring (bicyclic) bond motifs is 1. The fourth-order valence-electron chi connectivity index (χ4n) is 2.85. The molecule has 3 rings (SSSR count). The van der Waals surface area contributed by atoms with Gasteiger partial charge in [0, 0.05) is 31.3 Å². The van der Waals surface area contributed by atoms with Crippen molar-refractivity contribution in [1.29, 1.82) is 0 Å². The molecule has 0 saturated carbocycles. The van der Waals surface area contributed by atoms with Gasteiger partial charge in [-0.15, -0.1) is 0 Å². The predicted octanol–water partition coefficient (Wildman–Crippen LogP) is 2.53. The number of hydrogen-bond acceptors (Lipinski definition) is 3. The van der Waals surface area contributed by atoms with Crippen LogP contribution in [-0.2, 0) is 17.8 Å². The number of carbonyl (C=O) groups excluding carboxylic acids is 2. The van der Waals surface area contributed by atoms with Gasteiger partial charge in [-0.2, -0.15) is 0 Å². The molecule has 1 aliphatic rings. The highest BCUT2D eigenvalue weighted by Gasteiger charge is 2.20. The molecule has 124 valence electrons. The molecule has 1 aliphatic heterocycles. The van der Waals surface area contributed by atoms with Gasteiger partial charge in [-0.05, 0) is 47.9 Å². The van der Waals surface area contributed by atoms with E-state index in [-0.39, 0.29) is 11.8 Å². The first-order chi connectivity index (χ1) is 11.6. The molecular weight excluding hydrogens is 304 g/mol. The van der Waals surface area contributed by atoms with Crippen LogP contribution < -0.4 is 15.0 Å². The fraction of sp³-hybridized carbons (Fsp3) is 0.263. The van der Waals surface area contributed by atoms with Crippen molar-refractivity contribution in [2.24, 2.45) is 0 Å². The molecule has 2 aromatic rings. The van der Waals surface area contributed by atoms with Crippen LogP contribution in [0.25, 0.3) is 0 Å². The van der Waals surface area contributed by atoms with Gasteiger partial charge < -0.3 is 15.0 Å². The zero-order valence-corrected chi connectivity index (χ0v) is 13.8. The number of hydrogen-bond donors (Lipinski definition) is 1. The van der Waals surface area contributed by atoms with Gasteiger partial charge in [-0.1, -0.05) is 12.1 Å². The number of nitrogens with zero attached hydrogens (tertiary/aromatic N) is 1. The highest BCUT2D eigenvalue weighted by molar-refractivity contribution is 5.96. The molecule has 0 spiro atoms. The van der Waals surface area contributed by atoms with Gasteiger partial charge in [-0.25, -0.2) is 0 Å². The molecule has 2 amide bonds. The van der Waals surface area contributed by atoms with E-state index in [0.717, 1.165) is 29.0 Å². The number of rotatable bonds is 4. The van der Waals surface area contributed by atoms with Crippen molar-refractivity contribution in [2.45, 2.75) is 19.4 Å². The van der Waals surface area contributed by atoms with Crippen LogP contribution in [0.2, 0.25) is 0 Å². The minimum Gasteiger partial charge on any atom is -0.497 e. The first-order valence-electron chi connectivity index (χ1n) is 7.89. The topological polar surface area (TPSA) is 58.6 Å². The Morgan fingerprint density at radius 3 is 2.62 bits per heavy atom. The third-order valence-corrected chi connectivity index (χ3v) is 4.29. The van der Waals surface area contributed by atoms with Crippen molar-refractivity contribution < 1.29 is 14.3 Å². The maximum absolute atomic E-state index is 12.2. The fourth-order valence-corrected chi connectivity index (χ4v) is 2.85. The monoisotopic (exact) mass is 324 g/mol. The van der Waals surface area contributed by atoms with E-state index in [1.54, 1.807) is 43.3 Å². The Morgan fingerprint density at radius 2 is 1.92 bits per heavy atom. The minimum atomic E-state index is -0.123. The van der Waals surface area contributed by atoms with Crippen LogP contribution in [-0.4, -0.2) is 26.0 Å². The molecule has 0 aliphatic carbocycles. The van der Waals surface area contributed by atoms with E-state index < -0.39 is 0 Å². The van der Waals surface area contributed by atoms with Crippen molar-refractivity contribution >= 4 is 17.5 Å². The summed E-state index contributed by atoms with van der Waals surface area (Å²) in [6, 6.07) is 13.0. The number of nitrogens with one attached hydrogen (secondary N) is 1. The molecule has 5 heteroatoms. The molecule has 5 nitrogen and oxygen atoms in total. The summed E-state index contributed by atoms with van der Waals surface area (Å²) in [7, 11) is 3.39. The van der Waals surface area contributed by atoms with E-state index >= 15 is 0 Å². The molecule has 1 N–H and O–H groups in total. The molecule has 0 atom stereocenters. The number of amides is 2. The molecule has 0 aromatic heterocycles. The smallest absolute Gasteiger partial charge is 0.251 e. The Hall–Kier alpha value is -2.82. The average molecular weight is 324 g/mol. The lowest BCUT2D eigenvalue weighted by atomic mass is 9.99. The van der Waals surface area contributed by atoms with Gasteiger partial charge in [0.2, 0.25) is 5.91 Å². The summed E-state index contributed by atoms with van der Waals surface area (Å²) in [5.74, 6) is 0.741. The van der Waals surface area contributed by atoms with Gasteiger partial charge in [0.05, 0.1) is 7.11 Å². The van der Waals surface area contributed by atoms with E-state index in [4.69, 9.17) is 4.74 Å². The third-order valence-electron chi connectivity index (χ3n) is 4.29. The largest absolute Gasteiger partial charge is 0.497 e. The summed E-state index contributed by atoms with van der Waals surface area (Å²) in [5.41, 5.74) is 3.72. The quantitative estimate of drug-likeness (QED) is 0.940. The Labute approximate surface area is 141 Å². The lowest BCUT2D eigenvalue weighted by Gasteiger charge is -2.26. The molecule has 0 bridgehead atoms. The third kappa shape index (κ3) is 3.25. The summed E-state index contributed by atoms with van der Waals surface area (Å²) in [5, 5.41) is 2.92. The Kier molecular flexibility index (Phi) is 4.51.